The molecule has 1 aromatic carbocycles. The molecule has 5 heteroatoms. The molecular formula is C18H27FN2O2. The summed E-state index contributed by atoms with van der Waals surface area (Å²) in [6.45, 7) is 10.3. The van der Waals surface area contributed by atoms with Crippen LogP contribution in [0.15, 0.2) is 29.4 Å². The maximum Gasteiger partial charge on any atom is 0.359 e. The lowest BCUT2D eigenvalue weighted by Gasteiger charge is -2.32. The molecule has 0 atom stereocenters. The molecule has 0 radical (unpaired) electrons. The molecule has 1 aromatic rings. The lowest BCUT2D eigenvalue weighted by Crippen LogP contribution is -2.37. The SMILES string of the molecule is CCOC(=O)C(=NN(C(C)C)C(CC)CC)c1ccc(F)cc1. The minimum Gasteiger partial charge on any atom is -0.461 e. The van der Waals surface area contributed by atoms with Crippen molar-refractivity contribution in [3.05, 3.63) is 35.6 Å². The van der Waals surface area contributed by atoms with Crippen molar-refractivity contribution < 1.29 is 13.9 Å². The summed E-state index contributed by atoms with van der Waals surface area (Å²) in [5.74, 6) is -0.839. The number of hydrogen-bond donors (Lipinski definition) is 0. The van der Waals surface area contributed by atoms with Crippen molar-refractivity contribution in [1.29, 1.82) is 0 Å². The van der Waals surface area contributed by atoms with Crippen LogP contribution < -0.4 is 0 Å². The molecule has 0 spiro atoms. The fraction of sp³-hybridized carbons (Fsp3) is 0.556. The largest absolute Gasteiger partial charge is 0.461 e. The molecular weight excluding hydrogens is 295 g/mol. The lowest BCUT2D eigenvalue weighted by atomic mass is 10.1. The summed E-state index contributed by atoms with van der Waals surface area (Å²) in [6, 6.07) is 6.12. The number of benzene rings is 1. The molecule has 0 aliphatic carbocycles. The van der Waals surface area contributed by atoms with Crippen LogP contribution in [0.5, 0.6) is 0 Å². The first-order valence-corrected chi connectivity index (χ1v) is 8.24. The standard InChI is InChI=1S/C18H27FN2O2/c1-6-16(7-2)21(13(4)5)20-17(18(22)23-8-3)14-9-11-15(19)12-10-14/h9-13,16H,6-8H2,1-5H3. The van der Waals surface area contributed by atoms with E-state index in [1.807, 2.05) is 18.9 Å². The third-order valence-corrected chi connectivity index (χ3v) is 3.65. The molecule has 0 fully saturated rings. The quantitative estimate of drug-likeness (QED) is 0.413. The number of nitrogens with zero attached hydrogens (tertiary/aromatic N) is 2. The number of carbonyl (C=O) groups is 1. The van der Waals surface area contributed by atoms with E-state index in [0.29, 0.717) is 5.56 Å². The van der Waals surface area contributed by atoms with Crippen LogP contribution in [0, 0.1) is 5.82 Å². The van der Waals surface area contributed by atoms with Crippen molar-refractivity contribution in [3.8, 4) is 0 Å². The third-order valence-electron chi connectivity index (χ3n) is 3.65. The van der Waals surface area contributed by atoms with Gasteiger partial charge in [0.15, 0.2) is 5.71 Å². The Labute approximate surface area is 138 Å². The highest BCUT2D eigenvalue weighted by Gasteiger charge is 2.22. The van der Waals surface area contributed by atoms with Crippen LogP contribution in [0.4, 0.5) is 4.39 Å². The molecule has 0 aliphatic rings. The van der Waals surface area contributed by atoms with E-state index in [1.54, 1.807) is 19.1 Å². The van der Waals surface area contributed by atoms with Crippen LogP contribution in [0.1, 0.15) is 53.0 Å². The average molecular weight is 322 g/mol. The highest BCUT2D eigenvalue weighted by Crippen LogP contribution is 2.16. The number of carbonyl (C=O) groups excluding carboxylic acids is 1. The summed E-state index contributed by atoms with van der Waals surface area (Å²) in [5.41, 5.74) is 0.772. The van der Waals surface area contributed by atoms with Crippen LogP contribution in [0.25, 0.3) is 0 Å². The number of hydrogen-bond acceptors (Lipinski definition) is 4. The van der Waals surface area contributed by atoms with E-state index in [4.69, 9.17) is 4.74 Å². The molecule has 0 saturated heterocycles. The van der Waals surface area contributed by atoms with Crippen molar-refractivity contribution >= 4 is 11.7 Å². The first-order chi connectivity index (χ1) is 10.9. The van der Waals surface area contributed by atoms with Gasteiger partial charge in [-0.15, -0.1) is 0 Å². The predicted octanol–water partition coefficient (Wildman–Crippen LogP) is 3.99. The summed E-state index contributed by atoms with van der Waals surface area (Å²) in [5, 5.41) is 6.53. The first kappa shape index (κ1) is 19.1. The van der Waals surface area contributed by atoms with Crippen molar-refractivity contribution in [1.82, 2.24) is 5.01 Å². The number of hydrazone groups is 1. The third kappa shape index (κ3) is 5.34. The summed E-state index contributed by atoms with van der Waals surface area (Å²) < 4.78 is 18.3. The second-order valence-corrected chi connectivity index (χ2v) is 5.62. The van der Waals surface area contributed by atoms with Gasteiger partial charge in [-0.2, -0.15) is 5.10 Å². The second-order valence-electron chi connectivity index (χ2n) is 5.62. The van der Waals surface area contributed by atoms with Gasteiger partial charge in [0.2, 0.25) is 0 Å². The Morgan fingerprint density at radius 3 is 2.17 bits per heavy atom. The monoisotopic (exact) mass is 322 g/mol. The molecule has 0 saturated carbocycles. The molecule has 128 valence electrons. The zero-order chi connectivity index (χ0) is 17.4. The van der Waals surface area contributed by atoms with Gasteiger partial charge in [-0.3, -0.25) is 5.01 Å². The number of ether oxygens (including phenoxy) is 1. The van der Waals surface area contributed by atoms with Gasteiger partial charge in [0.1, 0.15) is 5.82 Å². The summed E-state index contributed by atoms with van der Waals surface area (Å²) in [6.07, 6.45) is 1.86. The maximum absolute atomic E-state index is 13.2. The number of esters is 1. The maximum atomic E-state index is 13.2. The van der Waals surface area contributed by atoms with Crippen molar-refractivity contribution in [3.63, 3.8) is 0 Å². The predicted molar refractivity (Wildman–Crippen MR) is 90.9 cm³/mol. The Bertz CT molecular complexity index is 522. The van der Waals surface area contributed by atoms with Gasteiger partial charge in [0.05, 0.1) is 6.61 Å². The molecule has 1 rings (SSSR count). The Hall–Kier alpha value is -1.91. The van der Waals surface area contributed by atoms with Crippen molar-refractivity contribution in [2.24, 2.45) is 5.10 Å². The fourth-order valence-corrected chi connectivity index (χ4v) is 2.42. The van der Waals surface area contributed by atoms with E-state index in [2.05, 4.69) is 18.9 Å². The Kier molecular flexibility index (Phi) is 7.72. The van der Waals surface area contributed by atoms with Crippen molar-refractivity contribution in [2.45, 2.75) is 59.5 Å². The molecule has 23 heavy (non-hydrogen) atoms. The van der Waals surface area contributed by atoms with E-state index in [0.717, 1.165) is 12.8 Å². The Morgan fingerprint density at radius 2 is 1.74 bits per heavy atom. The molecule has 0 heterocycles. The zero-order valence-corrected chi connectivity index (χ0v) is 14.7. The van der Waals surface area contributed by atoms with Gasteiger partial charge in [0, 0.05) is 17.6 Å². The van der Waals surface area contributed by atoms with Gasteiger partial charge in [-0.1, -0.05) is 13.8 Å². The molecule has 0 N–H and O–H groups in total. The summed E-state index contributed by atoms with van der Waals surface area (Å²) in [7, 11) is 0. The summed E-state index contributed by atoms with van der Waals surface area (Å²) >= 11 is 0. The smallest absolute Gasteiger partial charge is 0.359 e. The zero-order valence-electron chi connectivity index (χ0n) is 14.7. The topological polar surface area (TPSA) is 41.9 Å². The molecule has 0 unspecified atom stereocenters. The van der Waals surface area contributed by atoms with E-state index in [1.165, 1.54) is 12.1 Å². The second kappa shape index (κ2) is 9.28. The normalized spacial score (nSPS) is 11.9. The van der Waals surface area contributed by atoms with E-state index in [-0.39, 0.29) is 30.2 Å². The highest BCUT2D eigenvalue weighted by atomic mass is 19.1. The average Bonchev–Trinajstić information content (AvgIpc) is 2.52. The van der Waals surface area contributed by atoms with Gasteiger partial charge in [-0.25, -0.2) is 9.18 Å². The molecule has 0 amide bonds. The van der Waals surface area contributed by atoms with Crippen LogP contribution in [-0.2, 0) is 9.53 Å². The first-order valence-electron chi connectivity index (χ1n) is 8.24. The van der Waals surface area contributed by atoms with E-state index >= 15 is 0 Å². The Balaban J connectivity index is 3.29. The van der Waals surface area contributed by atoms with Crippen LogP contribution in [-0.4, -0.2) is 35.4 Å². The molecule has 0 bridgehead atoms. The number of rotatable bonds is 8. The van der Waals surface area contributed by atoms with Crippen LogP contribution >= 0.6 is 0 Å². The molecule has 4 nitrogen and oxygen atoms in total. The minimum absolute atomic E-state index is 0.143. The van der Waals surface area contributed by atoms with E-state index in [9.17, 15) is 9.18 Å². The summed E-state index contributed by atoms with van der Waals surface area (Å²) in [4.78, 5) is 12.3. The minimum atomic E-state index is -0.490. The van der Waals surface area contributed by atoms with Crippen molar-refractivity contribution in [2.75, 3.05) is 6.61 Å². The van der Waals surface area contributed by atoms with Gasteiger partial charge < -0.3 is 4.74 Å². The van der Waals surface area contributed by atoms with Gasteiger partial charge >= 0.3 is 5.97 Å². The number of halogens is 1. The van der Waals surface area contributed by atoms with Gasteiger partial charge in [-0.05, 0) is 57.9 Å². The molecule has 0 aliphatic heterocycles. The Morgan fingerprint density at radius 1 is 1.17 bits per heavy atom. The highest BCUT2D eigenvalue weighted by molar-refractivity contribution is 6.43. The van der Waals surface area contributed by atoms with Gasteiger partial charge in [0.25, 0.3) is 0 Å². The molecule has 0 aromatic heterocycles. The van der Waals surface area contributed by atoms with Crippen LogP contribution in [0.3, 0.4) is 0 Å². The fourth-order valence-electron chi connectivity index (χ4n) is 2.42. The van der Waals surface area contributed by atoms with E-state index < -0.39 is 5.97 Å². The van der Waals surface area contributed by atoms with Crippen LogP contribution in [0.2, 0.25) is 0 Å². The lowest BCUT2D eigenvalue weighted by molar-refractivity contribution is -0.135.